The minimum Gasteiger partial charge on any atom is -0.312 e. The highest BCUT2D eigenvalue weighted by Gasteiger charge is 2.30. The van der Waals surface area contributed by atoms with Gasteiger partial charge in [0.15, 0.2) is 0 Å². The van der Waals surface area contributed by atoms with Crippen molar-refractivity contribution in [1.82, 2.24) is 5.32 Å². The van der Waals surface area contributed by atoms with Gasteiger partial charge in [-0.15, -0.1) is 0 Å². The van der Waals surface area contributed by atoms with E-state index in [1.54, 1.807) is 5.57 Å². The summed E-state index contributed by atoms with van der Waals surface area (Å²) >= 11 is 0. The Hall–Kier alpha value is -1.99. The highest BCUT2D eigenvalue weighted by atomic mass is 32.3. The maximum absolute atomic E-state index is 8.74. The molecule has 1 atom stereocenters. The van der Waals surface area contributed by atoms with Crippen LogP contribution in [0.1, 0.15) is 16.7 Å². The first kappa shape index (κ1) is 16.9. The summed E-state index contributed by atoms with van der Waals surface area (Å²) in [6.07, 6.45) is 1.19. The molecule has 0 aromatic heterocycles. The molecule has 2 aliphatic rings. The van der Waals surface area contributed by atoms with Crippen LogP contribution in [-0.2, 0) is 16.8 Å². The van der Waals surface area contributed by atoms with Gasteiger partial charge in [0.1, 0.15) is 0 Å². The molecule has 0 amide bonds. The lowest BCUT2D eigenvalue weighted by Gasteiger charge is -2.26. The third kappa shape index (κ3) is 3.91. The van der Waals surface area contributed by atoms with Crippen LogP contribution >= 0.6 is 0 Å². The molecule has 1 aliphatic heterocycles. The van der Waals surface area contributed by atoms with Crippen molar-refractivity contribution in [3.05, 3.63) is 76.9 Å². The van der Waals surface area contributed by atoms with Gasteiger partial charge in [0.25, 0.3) is 0 Å². The van der Waals surface area contributed by atoms with Gasteiger partial charge in [0.2, 0.25) is 0 Å². The van der Waals surface area contributed by atoms with Crippen molar-refractivity contribution in [2.45, 2.75) is 6.42 Å². The van der Waals surface area contributed by atoms with Gasteiger partial charge >= 0.3 is 10.4 Å². The summed E-state index contributed by atoms with van der Waals surface area (Å²) in [6, 6.07) is 19.7. The molecule has 126 valence electrons. The summed E-state index contributed by atoms with van der Waals surface area (Å²) in [5, 5.41) is 3.54. The summed E-state index contributed by atoms with van der Waals surface area (Å²) in [7, 11) is -4.67. The number of rotatable bonds is 1. The van der Waals surface area contributed by atoms with Crippen LogP contribution in [0.2, 0.25) is 0 Å². The Morgan fingerprint density at radius 3 is 2.29 bits per heavy atom. The van der Waals surface area contributed by atoms with Gasteiger partial charge in [-0.1, -0.05) is 54.6 Å². The predicted molar refractivity (Wildman–Crippen MR) is 93.1 cm³/mol. The van der Waals surface area contributed by atoms with Crippen LogP contribution in [0.25, 0.3) is 5.57 Å². The topological polar surface area (TPSA) is 86.6 Å². The molecule has 24 heavy (non-hydrogen) atoms. The van der Waals surface area contributed by atoms with Crippen molar-refractivity contribution in [3.8, 4) is 0 Å². The van der Waals surface area contributed by atoms with Gasteiger partial charge in [0, 0.05) is 13.1 Å². The van der Waals surface area contributed by atoms with Crippen LogP contribution in [0, 0.1) is 5.92 Å². The monoisotopic (exact) mass is 345 g/mol. The molecule has 4 rings (SSSR count). The zero-order valence-corrected chi connectivity index (χ0v) is 13.8. The molecule has 3 N–H and O–H groups in total. The minimum absolute atomic E-state index is 0.685. The van der Waals surface area contributed by atoms with Gasteiger partial charge in [-0.25, -0.2) is 0 Å². The Bertz CT molecular complexity index is 852. The Morgan fingerprint density at radius 1 is 0.958 bits per heavy atom. The van der Waals surface area contributed by atoms with E-state index in [0.29, 0.717) is 5.92 Å². The lowest BCUT2D eigenvalue weighted by atomic mass is 9.78. The highest BCUT2D eigenvalue weighted by molar-refractivity contribution is 7.79. The highest BCUT2D eigenvalue weighted by Crippen LogP contribution is 2.39. The molecule has 1 fully saturated rings. The number of hydrogen-bond donors (Lipinski definition) is 3. The van der Waals surface area contributed by atoms with E-state index >= 15 is 0 Å². The second-order valence-electron chi connectivity index (χ2n) is 5.90. The van der Waals surface area contributed by atoms with Gasteiger partial charge < -0.3 is 5.32 Å². The Labute approximate surface area is 141 Å². The molecular weight excluding hydrogens is 326 g/mol. The summed E-state index contributed by atoms with van der Waals surface area (Å²) in [5.41, 5.74) is 7.36. The summed E-state index contributed by atoms with van der Waals surface area (Å²) in [4.78, 5) is 0. The number of nitrogens with one attached hydrogen (secondary N) is 1. The molecule has 1 unspecified atom stereocenters. The second-order valence-corrected chi connectivity index (χ2v) is 6.80. The van der Waals surface area contributed by atoms with E-state index in [-0.39, 0.29) is 0 Å². The predicted octanol–water partition coefficient (Wildman–Crippen LogP) is 2.61. The average Bonchev–Trinajstić information content (AvgIpc) is 2.99. The molecule has 1 saturated heterocycles. The van der Waals surface area contributed by atoms with E-state index in [1.807, 2.05) is 0 Å². The van der Waals surface area contributed by atoms with Crippen LogP contribution in [0.3, 0.4) is 0 Å². The molecule has 2 aromatic rings. The summed E-state index contributed by atoms with van der Waals surface area (Å²) in [6.45, 7) is 2.17. The van der Waals surface area contributed by atoms with E-state index in [4.69, 9.17) is 17.5 Å². The third-order valence-corrected chi connectivity index (χ3v) is 4.34. The summed E-state index contributed by atoms with van der Waals surface area (Å²) in [5.74, 6) is 0.685. The summed E-state index contributed by atoms with van der Waals surface area (Å²) < 4.78 is 31.6. The average molecular weight is 345 g/mol. The fraction of sp³-hybridized carbons (Fsp3) is 0.222. The fourth-order valence-corrected chi connectivity index (χ4v) is 3.46. The normalized spacial score (nSPS) is 19.2. The SMILES string of the molecule is O=S(=O)(O)O.c1ccc(C2=C3CNCC3Cc3ccccc32)cc1. The Kier molecular flexibility index (Phi) is 4.82. The number of fused-ring (bicyclic) bond motifs is 2. The fourth-order valence-electron chi connectivity index (χ4n) is 3.46. The van der Waals surface area contributed by atoms with Gasteiger partial charge in [-0.05, 0) is 40.2 Å². The lowest BCUT2D eigenvalue weighted by molar-refractivity contribution is 0.381. The van der Waals surface area contributed by atoms with Gasteiger partial charge in [-0.2, -0.15) is 8.42 Å². The smallest absolute Gasteiger partial charge is 0.312 e. The van der Waals surface area contributed by atoms with E-state index in [0.717, 1.165) is 13.1 Å². The third-order valence-electron chi connectivity index (χ3n) is 4.34. The first-order chi connectivity index (χ1) is 11.4. The standard InChI is InChI=1S/C18H17N.H2O4S/c1-2-6-13(7-3-1)18-16-9-5-4-8-14(16)10-15-11-19-12-17(15)18;1-5(2,3)4/h1-9,15,19H,10-12H2;(H2,1,2,3,4). The zero-order valence-electron chi connectivity index (χ0n) is 13.0. The van der Waals surface area contributed by atoms with Crippen LogP contribution in [0.15, 0.2) is 60.2 Å². The molecule has 0 spiro atoms. The van der Waals surface area contributed by atoms with E-state index in [1.165, 1.54) is 28.7 Å². The second kappa shape index (κ2) is 6.86. The molecule has 0 bridgehead atoms. The molecule has 5 nitrogen and oxygen atoms in total. The zero-order chi connectivity index (χ0) is 17.2. The molecule has 1 heterocycles. The molecule has 2 aromatic carbocycles. The van der Waals surface area contributed by atoms with Crippen molar-refractivity contribution in [1.29, 1.82) is 0 Å². The van der Waals surface area contributed by atoms with Crippen molar-refractivity contribution < 1.29 is 17.5 Å². The first-order valence-corrected chi connectivity index (χ1v) is 9.10. The molecular formula is C18H19NO4S. The van der Waals surface area contributed by atoms with Crippen LogP contribution in [-0.4, -0.2) is 30.6 Å². The largest absolute Gasteiger partial charge is 0.394 e. The maximum Gasteiger partial charge on any atom is 0.394 e. The van der Waals surface area contributed by atoms with Crippen molar-refractivity contribution >= 4 is 16.0 Å². The molecule has 6 heteroatoms. The Morgan fingerprint density at radius 2 is 1.58 bits per heavy atom. The molecule has 0 radical (unpaired) electrons. The van der Waals surface area contributed by atoms with E-state index in [9.17, 15) is 0 Å². The minimum atomic E-state index is -4.67. The van der Waals surface area contributed by atoms with E-state index in [2.05, 4.69) is 59.9 Å². The van der Waals surface area contributed by atoms with Crippen molar-refractivity contribution in [2.24, 2.45) is 5.92 Å². The molecule has 0 saturated carbocycles. The van der Waals surface area contributed by atoms with Gasteiger partial charge in [0.05, 0.1) is 0 Å². The van der Waals surface area contributed by atoms with Crippen LogP contribution in [0.5, 0.6) is 0 Å². The first-order valence-electron chi connectivity index (χ1n) is 7.71. The van der Waals surface area contributed by atoms with Crippen molar-refractivity contribution in [3.63, 3.8) is 0 Å². The van der Waals surface area contributed by atoms with E-state index < -0.39 is 10.4 Å². The number of benzene rings is 2. The Balaban J connectivity index is 0.000000300. The van der Waals surface area contributed by atoms with Gasteiger partial charge in [-0.3, -0.25) is 9.11 Å². The van der Waals surface area contributed by atoms with Crippen molar-refractivity contribution in [2.75, 3.05) is 13.1 Å². The maximum atomic E-state index is 8.74. The number of hydrogen-bond acceptors (Lipinski definition) is 3. The van der Waals surface area contributed by atoms with Crippen LogP contribution < -0.4 is 5.32 Å². The quantitative estimate of drug-likeness (QED) is 0.692. The molecule has 1 aliphatic carbocycles. The lowest BCUT2D eigenvalue weighted by Crippen LogP contribution is -2.16. The van der Waals surface area contributed by atoms with Crippen LogP contribution in [0.4, 0.5) is 0 Å².